The van der Waals surface area contributed by atoms with E-state index in [4.69, 9.17) is 9.84 Å². The zero-order valence-electron chi connectivity index (χ0n) is 26.4. The third kappa shape index (κ3) is 7.41. The Balaban J connectivity index is 1.54. The Bertz CT molecular complexity index is 2190. The van der Waals surface area contributed by atoms with Crippen LogP contribution in [0.5, 0.6) is 0 Å². The lowest BCUT2D eigenvalue weighted by Crippen LogP contribution is -2.42. The van der Waals surface area contributed by atoms with Gasteiger partial charge in [0.1, 0.15) is 10.7 Å². The monoisotopic (exact) mass is 684 g/mol. The van der Waals surface area contributed by atoms with Gasteiger partial charge in [-0.2, -0.15) is 23.5 Å². The Morgan fingerprint density at radius 3 is 2.43 bits per heavy atom. The van der Waals surface area contributed by atoms with Crippen LogP contribution in [0.15, 0.2) is 89.9 Å². The molecule has 2 aromatic heterocycles. The Morgan fingerprint density at radius 1 is 1.04 bits per heavy atom. The highest BCUT2D eigenvalue weighted by Crippen LogP contribution is 2.33. The number of benzene rings is 3. The predicted molar refractivity (Wildman–Crippen MR) is 181 cm³/mol. The number of rotatable bonds is 8. The lowest BCUT2D eigenvalue weighted by atomic mass is 10.1. The highest BCUT2D eigenvalue weighted by atomic mass is 32.1. The maximum atomic E-state index is 14.3. The van der Waals surface area contributed by atoms with Gasteiger partial charge >= 0.3 is 6.18 Å². The van der Waals surface area contributed by atoms with Crippen LogP contribution in [0.25, 0.3) is 34.3 Å². The van der Waals surface area contributed by atoms with Crippen molar-refractivity contribution in [2.75, 3.05) is 39.4 Å². The largest absolute Gasteiger partial charge is 0.418 e. The highest BCUT2D eigenvalue weighted by Gasteiger charge is 2.34. The molecule has 1 amide bonds. The van der Waals surface area contributed by atoms with Crippen molar-refractivity contribution >= 4 is 28.9 Å². The molecule has 0 saturated carbocycles. The summed E-state index contributed by atoms with van der Waals surface area (Å²) in [5.74, 6) is -0.793. The smallest absolute Gasteiger partial charge is 0.379 e. The maximum absolute atomic E-state index is 14.3. The number of thiazole rings is 1. The van der Waals surface area contributed by atoms with Gasteiger partial charge in [0.05, 0.1) is 40.4 Å². The summed E-state index contributed by atoms with van der Waals surface area (Å²) in [7, 11) is 0. The minimum Gasteiger partial charge on any atom is -0.379 e. The summed E-state index contributed by atoms with van der Waals surface area (Å²) >= 11 is 0.772. The molecule has 9 nitrogen and oxygen atoms in total. The number of nitrogens with zero attached hydrogens (tertiary/aromatic N) is 5. The first-order valence-electron chi connectivity index (χ1n) is 15.5. The maximum Gasteiger partial charge on any atom is 0.418 e. The summed E-state index contributed by atoms with van der Waals surface area (Å²) in [6.07, 6.45) is -1.55. The van der Waals surface area contributed by atoms with Crippen LogP contribution in [0.4, 0.5) is 13.2 Å². The summed E-state index contributed by atoms with van der Waals surface area (Å²) in [5.41, 5.74) is 0.750. The van der Waals surface area contributed by atoms with Crippen molar-refractivity contribution in [3.05, 3.63) is 121 Å². The molecular formula is C36H31F3N6O3S. The van der Waals surface area contributed by atoms with E-state index in [1.807, 2.05) is 67.6 Å². The van der Waals surface area contributed by atoms with Crippen molar-refractivity contribution < 1.29 is 22.7 Å². The van der Waals surface area contributed by atoms with Crippen molar-refractivity contribution in [1.29, 1.82) is 5.26 Å². The van der Waals surface area contributed by atoms with Gasteiger partial charge in [0.25, 0.3) is 11.5 Å². The molecule has 1 N–H and O–H groups in total. The number of morpholine rings is 1. The van der Waals surface area contributed by atoms with Crippen LogP contribution >= 0.6 is 11.3 Å². The van der Waals surface area contributed by atoms with Crippen molar-refractivity contribution in [2.45, 2.75) is 13.1 Å². The van der Waals surface area contributed by atoms with Crippen molar-refractivity contribution in [1.82, 2.24) is 24.6 Å². The van der Waals surface area contributed by atoms with Crippen LogP contribution in [0.2, 0.25) is 0 Å². The molecule has 0 radical (unpaired) electrons. The molecular weight excluding hydrogens is 653 g/mol. The van der Waals surface area contributed by atoms with Crippen LogP contribution in [-0.2, 0) is 15.7 Å². The summed E-state index contributed by atoms with van der Waals surface area (Å²) < 4.78 is 50.4. The van der Waals surface area contributed by atoms with Gasteiger partial charge in [-0.3, -0.25) is 19.1 Å². The molecule has 1 saturated heterocycles. The SMILES string of the molecule is Cc1ccc(-c2nn(-c3ccccc3)cc2C=c2sc(=C(C#N)C(=O)NCCN3CCOCC3)n(-c3ccccc3C(F)(F)F)c2=O)cc1. The molecule has 6 rings (SSSR count). The molecule has 3 heterocycles. The molecule has 49 heavy (non-hydrogen) atoms. The summed E-state index contributed by atoms with van der Waals surface area (Å²) in [4.78, 5) is 29.7. The van der Waals surface area contributed by atoms with E-state index >= 15 is 0 Å². The second-order valence-electron chi connectivity index (χ2n) is 11.3. The van der Waals surface area contributed by atoms with Gasteiger partial charge in [-0.1, -0.05) is 60.2 Å². The molecule has 1 aliphatic heterocycles. The standard InChI is InChI=1S/C36H31F3N6O3S/c1-24-11-13-25(14-12-24)32-26(23-44(42-32)27-7-3-2-4-8-27)21-31-34(47)45(30-10-6-5-9-29(30)36(37,38)39)35(49-31)28(22-40)33(46)41-15-16-43-17-19-48-20-18-43/h2-14,21,23H,15-20H2,1H3,(H,41,46). The van der Waals surface area contributed by atoms with Gasteiger partial charge in [-0.25, -0.2) is 4.68 Å². The van der Waals surface area contributed by atoms with Gasteiger partial charge < -0.3 is 10.1 Å². The molecule has 0 atom stereocenters. The van der Waals surface area contributed by atoms with Gasteiger partial charge in [0.2, 0.25) is 0 Å². The molecule has 250 valence electrons. The lowest BCUT2D eigenvalue weighted by Gasteiger charge is -2.26. The van der Waals surface area contributed by atoms with E-state index in [0.29, 0.717) is 44.1 Å². The molecule has 0 aliphatic carbocycles. The quantitative estimate of drug-likeness (QED) is 0.265. The van der Waals surface area contributed by atoms with E-state index in [9.17, 15) is 28.0 Å². The van der Waals surface area contributed by atoms with Crippen molar-refractivity contribution in [3.8, 4) is 28.7 Å². The molecule has 1 aliphatic rings. The van der Waals surface area contributed by atoms with E-state index in [0.717, 1.165) is 44.9 Å². The number of carbonyl (C=O) groups excluding carboxylic acids is 1. The molecule has 13 heteroatoms. The summed E-state index contributed by atoms with van der Waals surface area (Å²) in [6, 6.07) is 23.4. The number of nitriles is 1. The van der Waals surface area contributed by atoms with Gasteiger partial charge in [-0.15, -0.1) is 11.3 Å². The number of carbonyl (C=O) groups is 1. The number of alkyl halides is 3. The first kappa shape index (κ1) is 33.6. The normalized spacial score (nSPS) is 14.8. The first-order valence-corrected chi connectivity index (χ1v) is 16.3. The zero-order valence-corrected chi connectivity index (χ0v) is 27.2. The number of ether oxygens (including phenoxy) is 1. The predicted octanol–water partition coefficient (Wildman–Crippen LogP) is 4.03. The topological polar surface area (TPSA) is 105 Å². The number of aromatic nitrogens is 3. The van der Waals surface area contributed by atoms with Crippen LogP contribution in [-0.4, -0.2) is 64.5 Å². The average Bonchev–Trinajstić information content (AvgIpc) is 3.66. The fourth-order valence-corrected chi connectivity index (χ4v) is 6.58. The molecule has 5 aromatic rings. The van der Waals surface area contributed by atoms with E-state index in [-0.39, 0.29) is 15.7 Å². The Kier molecular flexibility index (Phi) is 9.91. The zero-order chi connectivity index (χ0) is 34.5. The fraction of sp³-hybridized carbons (Fsp3) is 0.222. The minimum absolute atomic E-state index is 0.0156. The molecule has 0 spiro atoms. The van der Waals surface area contributed by atoms with Gasteiger partial charge in [0.15, 0.2) is 5.57 Å². The van der Waals surface area contributed by atoms with Crippen LogP contribution < -0.4 is 20.1 Å². The first-order chi connectivity index (χ1) is 23.6. The van der Waals surface area contributed by atoms with Gasteiger partial charge in [-0.05, 0) is 37.3 Å². The number of hydrogen-bond donors (Lipinski definition) is 1. The van der Waals surface area contributed by atoms with Crippen molar-refractivity contribution in [2.24, 2.45) is 0 Å². The van der Waals surface area contributed by atoms with Gasteiger partial charge in [0, 0.05) is 43.5 Å². The molecule has 3 aromatic carbocycles. The van der Waals surface area contributed by atoms with E-state index in [1.54, 1.807) is 10.9 Å². The number of para-hydroxylation sites is 2. The minimum atomic E-state index is -4.82. The fourth-order valence-electron chi connectivity index (χ4n) is 5.50. The van der Waals surface area contributed by atoms with E-state index in [1.165, 1.54) is 18.2 Å². The number of halogens is 3. The van der Waals surface area contributed by atoms with E-state index < -0.39 is 34.5 Å². The molecule has 0 bridgehead atoms. The Labute approximate surface area is 283 Å². The number of nitrogens with one attached hydrogen (secondary N) is 1. The number of hydrogen-bond acceptors (Lipinski definition) is 7. The van der Waals surface area contributed by atoms with Crippen LogP contribution in [0.1, 0.15) is 16.7 Å². The van der Waals surface area contributed by atoms with Crippen LogP contribution in [0, 0.1) is 18.3 Å². The number of amides is 1. The van der Waals surface area contributed by atoms with Crippen molar-refractivity contribution in [3.63, 3.8) is 0 Å². The second-order valence-corrected chi connectivity index (χ2v) is 12.4. The van der Waals surface area contributed by atoms with Crippen LogP contribution in [0.3, 0.4) is 0 Å². The Hall–Kier alpha value is -5.29. The second kappa shape index (κ2) is 14.4. The lowest BCUT2D eigenvalue weighted by molar-refractivity contribution is -0.137. The Morgan fingerprint density at radius 2 is 1.73 bits per heavy atom. The average molecular weight is 685 g/mol. The number of aryl methyl sites for hydroxylation is 1. The third-order valence-corrected chi connectivity index (χ3v) is 9.11. The highest BCUT2D eigenvalue weighted by molar-refractivity contribution is 7.07. The third-order valence-electron chi connectivity index (χ3n) is 8.02. The summed E-state index contributed by atoms with van der Waals surface area (Å²) in [6.45, 7) is 5.15. The molecule has 1 fully saturated rings. The summed E-state index contributed by atoms with van der Waals surface area (Å²) in [5, 5.41) is 17.7. The van der Waals surface area contributed by atoms with E-state index in [2.05, 4.69) is 10.2 Å². The molecule has 0 unspecified atom stereocenters.